The second kappa shape index (κ2) is 6.89. The van der Waals surface area contributed by atoms with Crippen LogP contribution in [0.15, 0.2) is 88.1 Å². The van der Waals surface area contributed by atoms with E-state index >= 15 is 0 Å². The van der Waals surface area contributed by atoms with Crippen LogP contribution in [0.2, 0.25) is 0 Å². The van der Waals surface area contributed by atoms with Gasteiger partial charge in [-0.3, -0.25) is 4.79 Å². The fourth-order valence-electron chi connectivity index (χ4n) is 2.88. The van der Waals surface area contributed by atoms with Crippen molar-refractivity contribution in [2.75, 3.05) is 0 Å². The fraction of sp³-hybridized carbons (Fsp3) is 0.0870. The lowest BCUT2D eigenvalue weighted by Crippen LogP contribution is -2.10. The minimum absolute atomic E-state index is 0.154. The van der Waals surface area contributed by atoms with Crippen LogP contribution < -0.4 is 10.2 Å². The molecule has 3 nitrogen and oxygen atoms in total. The third-order valence-electron chi connectivity index (χ3n) is 4.30. The molecule has 1 heterocycles. The first-order valence-electron chi connectivity index (χ1n) is 8.52. The molecule has 0 radical (unpaired) electrons. The van der Waals surface area contributed by atoms with Gasteiger partial charge in [-0.2, -0.15) is 0 Å². The van der Waals surface area contributed by atoms with Crippen molar-refractivity contribution >= 4 is 11.0 Å². The van der Waals surface area contributed by atoms with Crippen molar-refractivity contribution < 1.29 is 9.15 Å². The Kier molecular flexibility index (Phi) is 4.28. The molecule has 4 rings (SSSR count). The summed E-state index contributed by atoms with van der Waals surface area (Å²) in [4.78, 5) is 13.0. The Hall–Kier alpha value is -3.33. The maximum Gasteiger partial charge on any atom is 0.235 e. The van der Waals surface area contributed by atoms with Gasteiger partial charge in [0.05, 0.1) is 5.39 Å². The Bertz CT molecular complexity index is 1090. The Morgan fingerprint density at radius 3 is 2.31 bits per heavy atom. The van der Waals surface area contributed by atoms with Gasteiger partial charge in [0.15, 0.2) is 5.76 Å². The van der Waals surface area contributed by atoms with Gasteiger partial charge >= 0.3 is 0 Å². The van der Waals surface area contributed by atoms with E-state index in [1.165, 1.54) is 0 Å². The normalized spacial score (nSPS) is 10.8. The average molecular weight is 342 g/mol. The molecule has 26 heavy (non-hydrogen) atoms. The Morgan fingerprint density at radius 1 is 0.846 bits per heavy atom. The molecule has 0 N–H and O–H groups in total. The van der Waals surface area contributed by atoms with E-state index in [1.807, 2.05) is 73.7 Å². The van der Waals surface area contributed by atoms with Gasteiger partial charge in [0.25, 0.3) is 0 Å². The van der Waals surface area contributed by atoms with E-state index in [1.54, 1.807) is 12.1 Å². The molecular formula is C23H18O3. The molecule has 3 heteroatoms. The van der Waals surface area contributed by atoms with Crippen molar-refractivity contribution in [2.24, 2.45) is 0 Å². The largest absolute Gasteiger partial charge is 0.481 e. The van der Waals surface area contributed by atoms with Crippen LogP contribution in [-0.2, 0) is 6.61 Å². The molecule has 0 amide bonds. The van der Waals surface area contributed by atoms with Gasteiger partial charge in [0.1, 0.15) is 12.2 Å². The molecule has 1 aromatic heterocycles. The van der Waals surface area contributed by atoms with E-state index in [-0.39, 0.29) is 11.2 Å². The number of hydrogen-bond acceptors (Lipinski definition) is 3. The van der Waals surface area contributed by atoms with E-state index < -0.39 is 0 Å². The topological polar surface area (TPSA) is 39.4 Å². The van der Waals surface area contributed by atoms with Crippen molar-refractivity contribution in [3.63, 3.8) is 0 Å². The maximum absolute atomic E-state index is 13.0. The number of aryl methyl sites for hydroxylation is 1. The number of benzene rings is 3. The third kappa shape index (κ3) is 3.11. The maximum atomic E-state index is 13.0. The van der Waals surface area contributed by atoms with Gasteiger partial charge in [-0.15, -0.1) is 0 Å². The average Bonchev–Trinajstić information content (AvgIpc) is 2.69. The second-order valence-corrected chi connectivity index (χ2v) is 6.23. The van der Waals surface area contributed by atoms with Crippen molar-refractivity contribution in [1.29, 1.82) is 0 Å². The molecule has 3 aromatic carbocycles. The van der Waals surface area contributed by atoms with Crippen molar-refractivity contribution in [2.45, 2.75) is 13.5 Å². The Balaban J connectivity index is 1.85. The number of rotatable bonds is 4. The van der Waals surface area contributed by atoms with E-state index in [0.29, 0.717) is 23.3 Å². The lowest BCUT2D eigenvalue weighted by molar-refractivity contribution is 0.298. The van der Waals surface area contributed by atoms with Crippen LogP contribution in [0.5, 0.6) is 5.75 Å². The molecule has 0 atom stereocenters. The first-order valence-corrected chi connectivity index (χ1v) is 8.52. The minimum Gasteiger partial charge on any atom is -0.481 e. The van der Waals surface area contributed by atoms with Gasteiger partial charge < -0.3 is 9.15 Å². The SMILES string of the molecule is Cc1ccc(-c2oc3ccccc3c(=O)c2OCc2ccccc2)cc1. The minimum atomic E-state index is -0.154. The van der Waals surface area contributed by atoms with Crippen LogP contribution in [-0.4, -0.2) is 0 Å². The summed E-state index contributed by atoms with van der Waals surface area (Å²) in [7, 11) is 0. The molecule has 0 aliphatic rings. The molecule has 128 valence electrons. The monoisotopic (exact) mass is 342 g/mol. The van der Waals surface area contributed by atoms with E-state index in [2.05, 4.69) is 0 Å². The van der Waals surface area contributed by atoms with E-state index in [4.69, 9.17) is 9.15 Å². The van der Waals surface area contributed by atoms with Crippen molar-refractivity contribution in [3.05, 3.63) is 100 Å². The summed E-state index contributed by atoms with van der Waals surface area (Å²) in [5.41, 5.74) is 3.36. The predicted octanol–water partition coefficient (Wildman–Crippen LogP) is 5.35. The first kappa shape index (κ1) is 16.2. The van der Waals surface area contributed by atoms with Gasteiger partial charge in [-0.1, -0.05) is 72.3 Å². The summed E-state index contributed by atoms with van der Waals surface area (Å²) in [6.45, 7) is 2.33. The van der Waals surface area contributed by atoms with Crippen LogP contribution in [0.1, 0.15) is 11.1 Å². The van der Waals surface area contributed by atoms with Crippen LogP contribution in [0.3, 0.4) is 0 Å². The highest BCUT2D eigenvalue weighted by Crippen LogP contribution is 2.31. The molecule has 0 saturated heterocycles. The number of para-hydroxylation sites is 1. The number of fused-ring (bicyclic) bond motifs is 1. The summed E-state index contributed by atoms with van der Waals surface area (Å²) in [5.74, 6) is 0.709. The zero-order valence-electron chi connectivity index (χ0n) is 14.4. The Morgan fingerprint density at radius 2 is 1.54 bits per heavy atom. The fourth-order valence-corrected chi connectivity index (χ4v) is 2.88. The highest BCUT2D eigenvalue weighted by atomic mass is 16.5. The predicted molar refractivity (Wildman–Crippen MR) is 103 cm³/mol. The van der Waals surface area contributed by atoms with Crippen molar-refractivity contribution in [3.8, 4) is 17.1 Å². The summed E-state index contributed by atoms with van der Waals surface area (Å²) in [6.07, 6.45) is 0. The van der Waals surface area contributed by atoms with E-state index in [0.717, 1.165) is 16.7 Å². The van der Waals surface area contributed by atoms with Crippen molar-refractivity contribution in [1.82, 2.24) is 0 Å². The zero-order valence-corrected chi connectivity index (χ0v) is 14.4. The summed E-state index contributed by atoms with van der Waals surface area (Å²) >= 11 is 0. The lowest BCUT2D eigenvalue weighted by Gasteiger charge is -2.12. The molecule has 0 bridgehead atoms. The van der Waals surface area contributed by atoms with Gasteiger partial charge in [0, 0.05) is 5.56 Å². The number of ether oxygens (including phenoxy) is 1. The molecule has 0 saturated carbocycles. The molecule has 0 aliphatic heterocycles. The zero-order chi connectivity index (χ0) is 17.9. The number of hydrogen-bond donors (Lipinski definition) is 0. The van der Waals surface area contributed by atoms with Crippen LogP contribution >= 0.6 is 0 Å². The smallest absolute Gasteiger partial charge is 0.235 e. The molecule has 0 fully saturated rings. The lowest BCUT2D eigenvalue weighted by atomic mass is 10.1. The summed E-state index contributed by atoms with van der Waals surface area (Å²) < 4.78 is 12.0. The quantitative estimate of drug-likeness (QED) is 0.502. The molecule has 0 spiro atoms. The molecular weight excluding hydrogens is 324 g/mol. The molecule has 4 aromatic rings. The van der Waals surface area contributed by atoms with Gasteiger partial charge in [0.2, 0.25) is 11.2 Å². The standard InChI is InChI=1S/C23H18O3/c1-16-11-13-18(14-12-16)22-23(25-15-17-7-3-2-4-8-17)21(24)19-9-5-6-10-20(19)26-22/h2-14H,15H2,1H3. The van der Waals surface area contributed by atoms with Gasteiger partial charge in [-0.05, 0) is 24.6 Å². The highest BCUT2D eigenvalue weighted by Gasteiger charge is 2.17. The highest BCUT2D eigenvalue weighted by molar-refractivity contribution is 5.81. The molecule has 0 unspecified atom stereocenters. The summed E-state index contributed by atoms with van der Waals surface area (Å²) in [5, 5.41) is 0.520. The van der Waals surface area contributed by atoms with Crippen LogP contribution in [0.4, 0.5) is 0 Å². The third-order valence-corrected chi connectivity index (χ3v) is 4.30. The van der Waals surface area contributed by atoms with Crippen LogP contribution in [0, 0.1) is 6.92 Å². The van der Waals surface area contributed by atoms with Gasteiger partial charge in [-0.25, -0.2) is 0 Å². The van der Waals surface area contributed by atoms with E-state index in [9.17, 15) is 4.79 Å². The summed E-state index contributed by atoms with van der Waals surface area (Å²) in [6, 6.07) is 24.9. The molecule has 0 aliphatic carbocycles. The second-order valence-electron chi connectivity index (χ2n) is 6.23. The Labute approximate surface area is 151 Å². The first-order chi connectivity index (χ1) is 12.7. The van der Waals surface area contributed by atoms with Crippen LogP contribution in [0.25, 0.3) is 22.3 Å².